The van der Waals surface area contributed by atoms with Gasteiger partial charge in [0.15, 0.2) is 0 Å². The number of benzene rings is 1. The summed E-state index contributed by atoms with van der Waals surface area (Å²) in [5.41, 5.74) is -0.00345. The fourth-order valence-electron chi connectivity index (χ4n) is 2.39. The fourth-order valence-corrected chi connectivity index (χ4v) is 2.39. The molecule has 0 heterocycles. The Labute approximate surface area is 127 Å². The van der Waals surface area contributed by atoms with Crippen molar-refractivity contribution < 1.29 is 19.1 Å². The van der Waals surface area contributed by atoms with Crippen molar-refractivity contribution in [2.45, 2.75) is 11.4 Å². The Balaban J connectivity index is 2.65. The molecule has 0 aliphatic heterocycles. The minimum atomic E-state index is -1.70. The van der Waals surface area contributed by atoms with Gasteiger partial charge in [-0.15, -0.1) is 0 Å². The molecule has 1 aliphatic rings. The smallest absolute Gasteiger partial charge is 0.250 e. The summed E-state index contributed by atoms with van der Waals surface area (Å²) in [4.78, 5) is 28.8. The molecule has 0 saturated heterocycles. The lowest BCUT2D eigenvalue weighted by atomic mass is 9.88. The number of carbonyl (C=O) groups excluding carboxylic acids is 2. The highest BCUT2D eigenvalue weighted by atomic mass is 16.7. The number of nitrogens with zero attached hydrogens (tertiary/aromatic N) is 2. The van der Waals surface area contributed by atoms with E-state index in [1.54, 1.807) is 12.2 Å². The van der Waals surface area contributed by atoms with Crippen LogP contribution in [0.25, 0.3) is 5.57 Å². The summed E-state index contributed by atoms with van der Waals surface area (Å²) >= 11 is 0. The largest absolute Gasteiger partial charge is 0.346 e. The van der Waals surface area contributed by atoms with E-state index in [0.29, 0.717) is 0 Å². The molecule has 22 heavy (non-hydrogen) atoms. The highest BCUT2D eigenvalue weighted by molar-refractivity contribution is 5.77. The summed E-state index contributed by atoms with van der Waals surface area (Å²) in [7, 11) is 2.74. The van der Waals surface area contributed by atoms with Gasteiger partial charge in [0, 0.05) is 14.2 Å². The van der Waals surface area contributed by atoms with E-state index in [2.05, 4.69) is 9.98 Å². The van der Waals surface area contributed by atoms with E-state index in [9.17, 15) is 9.59 Å². The second kappa shape index (κ2) is 6.43. The molecule has 0 aromatic heterocycles. The van der Waals surface area contributed by atoms with Crippen LogP contribution in [-0.2, 0) is 19.1 Å². The first-order valence-corrected chi connectivity index (χ1v) is 6.43. The van der Waals surface area contributed by atoms with Crippen LogP contribution >= 0.6 is 0 Å². The Hall–Kier alpha value is -2.62. The van der Waals surface area contributed by atoms with E-state index in [4.69, 9.17) is 9.47 Å². The van der Waals surface area contributed by atoms with E-state index in [0.717, 1.165) is 11.1 Å². The predicted octanol–water partition coefficient (Wildman–Crippen LogP) is 2.00. The Morgan fingerprint density at radius 2 is 1.59 bits per heavy atom. The molecule has 0 bridgehead atoms. The summed E-state index contributed by atoms with van der Waals surface area (Å²) in [5.74, 6) is -1.55. The molecule has 0 amide bonds. The number of hydrogen-bond acceptors (Lipinski definition) is 6. The molecule has 0 spiro atoms. The van der Waals surface area contributed by atoms with Gasteiger partial charge >= 0.3 is 0 Å². The van der Waals surface area contributed by atoms with E-state index in [1.165, 1.54) is 32.5 Å². The van der Waals surface area contributed by atoms with E-state index in [-0.39, 0.29) is 0 Å². The molecule has 2 rings (SSSR count). The number of isocyanates is 2. The van der Waals surface area contributed by atoms with E-state index < -0.39 is 11.4 Å². The van der Waals surface area contributed by atoms with Crippen molar-refractivity contribution in [1.82, 2.24) is 0 Å². The van der Waals surface area contributed by atoms with Crippen LogP contribution in [0, 0.1) is 0 Å². The molecule has 0 N–H and O–H groups in total. The van der Waals surface area contributed by atoms with E-state index in [1.807, 2.05) is 30.3 Å². The quantitative estimate of drug-likeness (QED) is 0.473. The van der Waals surface area contributed by atoms with Gasteiger partial charge in [0.2, 0.25) is 23.6 Å². The number of allylic oxidation sites excluding steroid dienone is 2. The predicted molar refractivity (Wildman–Crippen MR) is 79.3 cm³/mol. The molecule has 6 heteroatoms. The Morgan fingerprint density at radius 3 is 2.09 bits per heavy atom. The number of hydrogen-bond donors (Lipinski definition) is 0. The SMILES string of the molecule is COC1(OC)C=C(c2ccccc2)C=CC1(N=C=O)N=C=O. The summed E-state index contributed by atoms with van der Waals surface area (Å²) in [6.07, 6.45) is 7.57. The molecule has 0 fully saturated rings. The maximum atomic E-state index is 10.8. The zero-order chi connectivity index (χ0) is 16.1. The lowest BCUT2D eigenvalue weighted by molar-refractivity contribution is -0.200. The van der Waals surface area contributed by atoms with Crippen molar-refractivity contribution in [2.24, 2.45) is 9.98 Å². The molecular formula is C16H14N2O4. The molecule has 1 aliphatic carbocycles. The minimum Gasteiger partial charge on any atom is -0.346 e. The third kappa shape index (κ3) is 2.48. The molecule has 0 unspecified atom stereocenters. The van der Waals surface area contributed by atoms with Crippen LogP contribution in [0.2, 0.25) is 0 Å². The van der Waals surface area contributed by atoms with Crippen molar-refractivity contribution >= 4 is 17.7 Å². The van der Waals surface area contributed by atoms with Crippen LogP contribution in [0.3, 0.4) is 0 Å². The maximum absolute atomic E-state index is 10.8. The van der Waals surface area contributed by atoms with Gasteiger partial charge in [-0.2, -0.15) is 9.98 Å². The number of aliphatic imine (C=N–C) groups is 2. The zero-order valence-electron chi connectivity index (χ0n) is 12.1. The van der Waals surface area contributed by atoms with Crippen LogP contribution in [0.15, 0.2) is 58.5 Å². The molecule has 6 nitrogen and oxygen atoms in total. The first-order valence-electron chi connectivity index (χ1n) is 6.43. The fraction of sp³-hybridized carbons (Fsp3) is 0.250. The summed E-state index contributed by atoms with van der Waals surface area (Å²) in [5, 5.41) is 0. The standard InChI is InChI=1S/C16H14N2O4/c1-21-16(22-2)10-14(13-6-4-3-5-7-13)8-9-15(16,17-11-19)18-12-20/h3-10H,1-2H3. The average Bonchev–Trinajstić information content (AvgIpc) is 2.57. The molecule has 1 aromatic rings. The van der Waals surface area contributed by atoms with Gasteiger partial charge in [0.1, 0.15) is 0 Å². The van der Waals surface area contributed by atoms with Gasteiger partial charge in [-0.05, 0) is 23.3 Å². The first-order chi connectivity index (χ1) is 10.7. The average molecular weight is 298 g/mol. The number of methoxy groups -OCH3 is 2. The topological polar surface area (TPSA) is 77.3 Å². The monoisotopic (exact) mass is 298 g/mol. The normalized spacial score (nSPS) is 22.2. The summed E-state index contributed by atoms with van der Waals surface area (Å²) in [6, 6.07) is 9.49. The molecule has 0 radical (unpaired) electrons. The van der Waals surface area contributed by atoms with Gasteiger partial charge < -0.3 is 9.47 Å². The Morgan fingerprint density at radius 1 is 1.00 bits per heavy atom. The van der Waals surface area contributed by atoms with E-state index >= 15 is 0 Å². The van der Waals surface area contributed by atoms with Crippen LogP contribution in [-0.4, -0.2) is 37.8 Å². The Kier molecular flexibility index (Phi) is 4.61. The maximum Gasteiger partial charge on any atom is 0.250 e. The first kappa shape index (κ1) is 15.8. The lowest BCUT2D eigenvalue weighted by Gasteiger charge is -2.39. The minimum absolute atomic E-state index is 0.780. The lowest BCUT2D eigenvalue weighted by Crippen LogP contribution is -2.53. The molecule has 0 atom stereocenters. The second-order valence-electron chi connectivity index (χ2n) is 4.51. The van der Waals surface area contributed by atoms with Crippen LogP contribution in [0.1, 0.15) is 5.56 Å². The van der Waals surface area contributed by atoms with Crippen molar-refractivity contribution in [3.8, 4) is 0 Å². The van der Waals surface area contributed by atoms with Crippen LogP contribution in [0.4, 0.5) is 0 Å². The third-order valence-electron chi connectivity index (χ3n) is 3.50. The van der Waals surface area contributed by atoms with Crippen molar-refractivity contribution in [3.05, 3.63) is 54.1 Å². The van der Waals surface area contributed by atoms with Gasteiger partial charge in [0.25, 0.3) is 0 Å². The highest BCUT2D eigenvalue weighted by Gasteiger charge is 2.53. The molecular weight excluding hydrogens is 284 g/mol. The number of ether oxygens (including phenoxy) is 2. The van der Waals surface area contributed by atoms with Crippen molar-refractivity contribution in [2.75, 3.05) is 14.2 Å². The molecule has 112 valence electrons. The van der Waals surface area contributed by atoms with Crippen LogP contribution in [0.5, 0.6) is 0 Å². The Bertz CT molecular complexity index is 674. The third-order valence-corrected chi connectivity index (χ3v) is 3.50. The zero-order valence-corrected chi connectivity index (χ0v) is 12.1. The van der Waals surface area contributed by atoms with Crippen molar-refractivity contribution in [3.63, 3.8) is 0 Å². The summed E-state index contributed by atoms with van der Waals surface area (Å²) in [6.45, 7) is 0. The van der Waals surface area contributed by atoms with Crippen molar-refractivity contribution in [1.29, 1.82) is 0 Å². The summed E-state index contributed by atoms with van der Waals surface area (Å²) < 4.78 is 10.8. The van der Waals surface area contributed by atoms with Gasteiger partial charge in [-0.25, -0.2) is 9.59 Å². The highest BCUT2D eigenvalue weighted by Crippen LogP contribution is 2.40. The van der Waals surface area contributed by atoms with Gasteiger partial charge in [0.05, 0.1) is 0 Å². The van der Waals surface area contributed by atoms with Crippen LogP contribution < -0.4 is 0 Å². The number of rotatable bonds is 5. The second-order valence-corrected chi connectivity index (χ2v) is 4.51. The molecule has 0 saturated carbocycles. The molecule has 1 aromatic carbocycles. The van der Waals surface area contributed by atoms with Gasteiger partial charge in [-0.1, -0.05) is 36.4 Å². The van der Waals surface area contributed by atoms with Gasteiger partial charge in [-0.3, -0.25) is 0 Å².